The third kappa shape index (κ3) is 6.11. The molecule has 1 atom stereocenters. The zero-order valence-electron chi connectivity index (χ0n) is 15.9. The molecule has 0 saturated heterocycles. The Morgan fingerprint density at radius 2 is 1.74 bits per heavy atom. The van der Waals surface area contributed by atoms with E-state index < -0.39 is 12.1 Å². The second-order valence-corrected chi connectivity index (χ2v) is 5.91. The highest BCUT2D eigenvalue weighted by Gasteiger charge is 2.16. The maximum atomic E-state index is 12.4. The summed E-state index contributed by atoms with van der Waals surface area (Å²) in [6, 6.07) is 14.3. The number of carbonyl (C=O) groups excluding carboxylic acids is 2. The van der Waals surface area contributed by atoms with Crippen LogP contribution in [0.25, 0.3) is 0 Å². The summed E-state index contributed by atoms with van der Waals surface area (Å²) in [4.78, 5) is 24.2. The van der Waals surface area contributed by atoms with Crippen molar-refractivity contribution >= 4 is 17.6 Å². The Kier molecular flexibility index (Phi) is 7.82. The standard InChI is InChI=1S/C21H25NO5/c1-4-16-7-5-6-8-19(16)22-20(23)17-9-11-18(12-10-17)27-15(2)21(24)26-14-13-25-3/h5-12,15H,4,13-14H2,1-3H3,(H,22,23)/t15-/m1/s1. The highest BCUT2D eigenvalue weighted by atomic mass is 16.6. The molecule has 27 heavy (non-hydrogen) atoms. The quantitative estimate of drug-likeness (QED) is 0.540. The van der Waals surface area contributed by atoms with Crippen molar-refractivity contribution in [2.75, 3.05) is 25.6 Å². The Morgan fingerprint density at radius 1 is 1.04 bits per heavy atom. The van der Waals surface area contributed by atoms with Gasteiger partial charge in [0.25, 0.3) is 5.91 Å². The Balaban J connectivity index is 1.94. The lowest BCUT2D eigenvalue weighted by molar-refractivity contribution is -0.152. The van der Waals surface area contributed by atoms with Crippen LogP contribution in [0.15, 0.2) is 48.5 Å². The van der Waals surface area contributed by atoms with Crippen molar-refractivity contribution in [3.63, 3.8) is 0 Å². The van der Waals surface area contributed by atoms with Crippen LogP contribution in [-0.2, 0) is 20.7 Å². The second-order valence-electron chi connectivity index (χ2n) is 5.91. The van der Waals surface area contributed by atoms with E-state index in [1.54, 1.807) is 31.2 Å². The van der Waals surface area contributed by atoms with Crippen LogP contribution in [0.2, 0.25) is 0 Å². The minimum Gasteiger partial charge on any atom is -0.479 e. The van der Waals surface area contributed by atoms with E-state index in [1.165, 1.54) is 7.11 Å². The number of nitrogens with one attached hydrogen (secondary N) is 1. The number of aryl methyl sites for hydroxylation is 1. The molecule has 0 radical (unpaired) electrons. The molecule has 2 rings (SSSR count). The Labute approximate surface area is 159 Å². The lowest BCUT2D eigenvalue weighted by Crippen LogP contribution is -2.27. The molecular formula is C21H25NO5. The van der Waals surface area contributed by atoms with E-state index in [2.05, 4.69) is 5.32 Å². The van der Waals surface area contributed by atoms with Crippen molar-refractivity contribution in [1.29, 1.82) is 0 Å². The number of hydrogen-bond donors (Lipinski definition) is 1. The summed E-state index contributed by atoms with van der Waals surface area (Å²) in [7, 11) is 1.53. The topological polar surface area (TPSA) is 73.9 Å². The van der Waals surface area contributed by atoms with Crippen LogP contribution < -0.4 is 10.1 Å². The van der Waals surface area contributed by atoms with Crippen molar-refractivity contribution in [1.82, 2.24) is 0 Å². The monoisotopic (exact) mass is 371 g/mol. The highest BCUT2D eigenvalue weighted by Crippen LogP contribution is 2.18. The fourth-order valence-corrected chi connectivity index (χ4v) is 2.43. The molecule has 1 amide bonds. The molecule has 0 spiro atoms. The van der Waals surface area contributed by atoms with E-state index in [-0.39, 0.29) is 12.5 Å². The summed E-state index contributed by atoms with van der Waals surface area (Å²) < 4.78 is 15.4. The van der Waals surface area contributed by atoms with Gasteiger partial charge in [0.2, 0.25) is 0 Å². The minimum absolute atomic E-state index is 0.182. The van der Waals surface area contributed by atoms with Gasteiger partial charge in [0.05, 0.1) is 6.61 Å². The van der Waals surface area contributed by atoms with Crippen LogP contribution in [0.4, 0.5) is 5.69 Å². The lowest BCUT2D eigenvalue weighted by atomic mass is 10.1. The molecule has 6 heteroatoms. The third-order valence-corrected chi connectivity index (χ3v) is 3.94. The molecule has 0 aliphatic heterocycles. The third-order valence-electron chi connectivity index (χ3n) is 3.94. The predicted molar refractivity (Wildman–Crippen MR) is 103 cm³/mol. The van der Waals surface area contributed by atoms with E-state index in [4.69, 9.17) is 14.2 Å². The first kappa shape index (κ1) is 20.5. The SMILES string of the molecule is CCc1ccccc1NC(=O)c1ccc(O[C@H](C)C(=O)OCCOC)cc1. The largest absolute Gasteiger partial charge is 0.479 e. The molecule has 2 aromatic carbocycles. The number of para-hydroxylation sites is 1. The van der Waals surface area contributed by atoms with Crippen LogP contribution >= 0.6 is 0 Å². The molecular weight excluding hydrogens is 346 g/mol. The second kappa shape index (κ2) is 10.3. The van der Waals surface area contributed by atoms with E-state index in [0.717, 1.165) is 17.7 Å². The van der Waals surface area contributed by atoms with Crippen LogP contribution in [-0.4, -0.2) is 38.3 Å². The van der Waals surface area contributed by atoms with Crippen LogP contribution in [0.1, 0.15) is 29.8 Å². The smallest absolute Gasteiger partial charge is 0.347 e. The number of benzene rings is 2. The van der Waals surface area contributed by atoms with Gasteiger partial charge >= 0.3 is 5.97 Å². The van der Waals surface area contributed by atoms with Crippen molar-refractivity contribution in [2.45, 2.75) is 26.4 Å². The molecule has 0 aliphatic carbocycles. The number of hydrogen-bond acceptors (Lipinski definition) is 5. The number of methoxy groups -OCH3 is 1. The molecule has 2 aromatic rings. The van der Waals surface area contributed by atoms with Gasteiger partial charge in [-0.15, -0.1) is 0 Å². The summed E-state index contributed by atoms with van der Waals surface area (Å²) in [6.45, 7) is 4.17. The van der Waals surface area contributed by atoms with Gasteiger partial charge in [-0.3, -0.25) is 4.79 Å². The molecule has 0 aromatic heterocycles. The maximum absolute atomic E-state index is 12.4. The lowest BCUT2D eigenvalue weighted by Gasteiger charge is -2.14. The van der Waals surface area contributed by atoms with Gasteiger partial charge in [0.15, 0.2) is 6.10 Å². The summed E-state index contributed by atoms with van der Waals surface area (Å²) in [6.07, 6.45) is 0.0830. The maximum Gasteiger partial charge on any atom is 0.347 e. The number of ether oxygens (including phenoxy) is 3. The highest BCUT2D eigenvalue weighted by molar-refractivity contribution is 6.04. The number of rotatable bonds is 9. The number of amides is 1. The van der Waals surface area contributed by atoms with Gasteiger partial charge < -0.3 is 19.5 Å². The molecule has 0 unspecified atom stereocenters. The van der Waals surface area contributed by atoms with Crippen molar-refractivity contribution in [3.05, 3.63) is 59.7 Å². The predicted octanol–water partition coefficient (Wildman–Crippen LogP) is 3.46. The van der Waals surface area contributed by atoms with Crippen LogP contribution in [0.5, 0.6) is 5.75 Å². The Bertz CT molecular complexity index is 757. The Hall–Kier alpha value is -2.86. The molecule has 0 heterocycles. The van der Waals surface area contributed by atoms with Crippen LogP contribution in [0, 0.1) is 0 Å². The van der Waals surface area contributed by atoms with Gasteiger partial charge in [0.1, 0.15) is 12.4 Å². The average molecular weight is 371 g/mol. The van der Waals surface area contributed by atoms with E-state index in [0.29, 0.717) is 17.9 Å². The normalized spacial score (nSPS) is 11.5. The zero-order chi connectivity index (χ0) is 19.6. The molecule has 6 nitrogen and oxygen atoms in total. The van der Waals surface area contributed by atoms with Gasteiger partial charge in [-0.2, -0.15) is 0 Å². The van der Waals surface area contributed by atoms with Crippen molar-refractivity contribution < 1.29 is 23.8 Å². The molecule has 0 saturated carbocycles. The number of anilines is 1. The van der Waals surface area contributed by atoms with Gasteiger partial charge in [0, 0.05) is 18.4 Å². The summed E-state index contributed by atoms with van der Waals surface area (Å²) in [5.41, 5.74) is 2.38. The number of carbonyl (C=O) groups is 2. The van der Waals surface area contributed by atoms with E-state index in [9.17, 15) is 9.59 Å². The number of esters is 1. The van der Waals surface area contributed by atoms with Gasteiger partial charge in [-0.1, -0.05) is 25.1 Å². The molecule has 144 valence electrons. The Morgan fingerprint density at radius 3 is 2.41 bits per heavy atom. The fraction of sp³-hybridized carbons (Fsp3) is 0.333. The first-order valence-electron chi connectivity index (χ1n) is 8.86. The van der Waals surface area contributed by atoms with Crippen molar-refractivity contribution in [2.24, 2.45) is 0 Å². The molecule has 0 aliphatic rings. The molecule has 1 N–H and O–H groups in total. The van der Waals surface area contributed by atoms with Gasteiger partial charge in [-0.25, -0.2) is 4.79 Å². The first-order chi connectivity index (χ1) is 13.0. The molecule has 0 fully saturated rings. The summed E-state index contributed by atoms with van der Waals surface area (Å²) in [5, 5.41) is 2.92. The molecule has 0 bridgehead atoms. The van der Waals surface area contributed by atoms with Crippen LogP contribution in [0.3, 0.4) is 0 Å². The zero-order valence-corrected chi connectivity index (χ0v) is 15.9. The average Bonchev–Trinajstić information content (AvgIpc) is 2.69. The fourth-order valence-electron chi connectivity index (χ4n) is 2.43. The van der Waals surface area contributed by atoms with E-state index in [1.807, 2.05) is 31.2 Å². The summed E-state index contributed by atoms with van der Waals surface area (Å²) >= 11 is 0. The van der Waals surface area contributed by atoms with Crippen molar-refractivity contribution in [3.8, 4) is 5.75 Å². The minimum atomic E-state index is -0.752. The first-order valence-corrected chi connectivity index (χ1v) is 8.86. The van der Waals surface area contributed by atoms with Gasteiger partial charge in [-0.05, 0) is 49.2 Å². The summed E-state index contributed by atoms with van der Waals surface area (Å²) in [5.74, 6) is -0.184. The van der Waals surface area contributed by atoms with E-state index >= 15 is 0 Å².